The number of thiophene rings is 1. The highest BCUT2D eigenvalue weighted by Crippen LogP contribution is 2.09. The molecule has 0 bridgehead atoms. The standard InChI is InChI=1S/C16H17FN2O2S/c1-11-4-5-12(9-14(11)17)16(21)19-7-6-18-15(20)10-13-3-2-8-22-13/h2-5,8-9H,6-7,10H2,1H3,(H,18,20)(H,19,21). The van der Waals surface area contributed by atoms with Crippen molar-refractivity contribution in [1.82, 2.24) is 10.6 Å². The first-order chi connectivity index (χ1) is 10.6. The number of amides is 2. The summed E-state index contributed by atoms with van der Waals surface area (Å²) in [6, 6.07) is 8.14. The van der Waals surface area contributed by atoms with Crippen LogP contribution in [-0.2, 0) is 11.2 Å². The van der Waals surface area contributed by atoms with Gasteiger partial charge < -0.3 is 10.6 Å². The first-order valence-corrected chi connectivity index (χ1v) is 7.77. The third-order valence-corrected chi connectivity index (χ3v) is 3.96. The van der Waals surface area contributed by atoms with Crippen LogP contribution in [0.5, 0.6) is 0 Å². The molecule has 0 aliphatic heterocycles. The summed E-state index contributed by atoms with van der Waals surface area (Å²) in [5, 5.41) is 7.29. The minimum Gasteiger partial charge on any atom is -0.354 e. The van der Waals surface area contributed by atoms with E-state index in [1.807, 2.05) is 17.5 Å². The summed E-state index contributed by atoms with van der Waals surface area (Å²) >= 11 is 1.53. The minimum absolute atomic E-state index is 0.0851. The van der Waals surface area contributed by atoms with Gasteiger partial charge in [-0.05, 0) is 36.1 Å². The summed E-state index contributed by atoms with van der Waals surface area (Å²) in [6.45, 7) is 2.27. The number of carbonyl (C=O) groups is 2. The van der Waals surface area contributed by atoms with E-state index in [2.05, 4.69) is 10.6 Å². The van der Waals surface area contributed by atoms with E-state index < -0.39 is 5.82 Å². The molecule has 4 nitrogen and oxygen atoms in total. The van der Waals surface area contributed by atoms with E-state index in [4.69, 9.17) is 0 Å². The number of hydrogen-bond donors (Lipinski definition) is 2. The van der Waals surface area contributed by atoms with Gasteiger partial charge in [-0.2, -0.15) is 0 Å². The van der Waals surface area contributed by atoms with Gasteiger partial charge in [0.25, 0.3) is 5.91 Å². The van der Waals surface area contributed by atoms with Crippen molar-refractivity contribution in [2.75, 3.05) is 13.1 Å². The zero-order valence-corrected chi connectivity index (χ0v) is 13.0. The fourth-order valence-corrected chi connectivity index (χ4v) is 2.55. The van der Waals surface area contributed by atoms with Crippen molar-refractivity contribution >= 4 is 23.2 Å². The maximum absolute atomic E-state index is 13.4. The Kier molecular flexibility index (Phi) is 5.66. The van der Waals surface area contributed by atoms with Crippen LogP contribution in [0.25, 0.3) is 0 Å². The normalized spacial score (nSPS) is 10.3. The Morgan fingerprint density at radius 2 is 1.95 bits per heavy atom. The summed E-state index contributed by atoms with van der Waals surface area (Å²) in [5.74, 6) is -0.846. The molecule has 0 unspecified atom stereocenters. The summed E-state index contributed by atoms with van der Waals surface area (Å²) < 4.78 is 13.4. The van der Waals surface area contributed by atoms with Gasteiger partial charge in [0.1, 0.15) is 5.82 Å². The molecule has 0 atom stereocenters. The molecule has 1 heterocycles. The van der Waals surface area contributed by atoms with E-state index in [0.717, 1.165) is 4.88 Å². The second-order valence-electron chi connectivity index (χ2n) is 4.83. The third-order valence-electron chi connectivity index (χ3n) is 3.08. The molecule has 2 N–H and O–H groups in total. The van der Waals surface area contributed by atoms with Crippen LogP contribution in [0.1, 0.15) is 20.8 Å². The summed E-state index contributed by atoms with van der Waals surface area (Å²) in [5.41, 5.74) is 0.769. The van der Waals surface area contributed by atoms with Crippen LogP contribution in [0.3, 0.4) is 0 Å². The lowest BCUT2D eigenvalue weighted by molar-refractivity contribution is -0.120. The molecule has 0 radical (unpaired) electrons. The average Bonchev–Trinajstić information content (AvgIpc) is 2.99. The molecule has 0 saturated heterocycles. The molecule has 0 spiro atoms. The number of aryl methyl sites for hydroxylation is 1. The number of carbonyl (C=O) groups excluding carboxylic acids is 2. The maximum atomic E-state index is 13.4. The number of halogens is 1. The molecule has 6 heteroatoms. The highest BCUT2D eigenvalue weighted by molar-refractivity contribution is 7.10. The van der Waals surface area contributed by atoms with Crippen LogP contribution in [0.4, 0.5) is 4.39 Å². The smallest absolute Gasteiger partial charge is 0.251 e. The lowest BCUT2D eigenvalue weighted by Crippen LogP contribution is -2.35. The Labute approximate surface area is 132 Å². The molecule has 2 aromatic rings. The van der Waals surface area contributed by atoms with Crippen LogP contribution >= 0.6 is 11.3 Å². The molecular formula is C16H17FN2O2S. The first-order valence-electron chi connectivity index (χ1n) is 6.89. The van der Waals surface area contributed by atoms with Crippen molar-refractivity contribution in [3.05, 3.63) is 57.5 Å². The van der Waals surface area contributed by atoms with E-state index in [-0.39, 0.29) is 17.4 Å². The molecule has 0 aliphatic rings. The van der Waals surface area contributed by atoms with Gasteiger partial charge in [0.2, 0.25) is 5.91 Å². The number of nitrogens with one attached hydrogen (secondary N) is 2. The SMILES string of the molecule is Cc1ccc(C(=O)NCCNC(=O)Cc2cccs2)cc1F. The Morgan fingerprint density at radius 1 is 1.18 bits per heavy atom. The zero-order chi connectivity index (χ0) is 15.9. The predicted octanol–water partition coefficient (Wildman–Crippen LogP) is 2.28. The molecule has 1 aromatic heterocycles. The van der Waals surface area contributed by atoms with Gasteiger partial charge in [0.05, 0.1) is 6.42 Å². The lowest BCUT2D eigenvalue weighted by atomic mass is 10.1. The topological polar surface area (TPSA) is 58.2 Å². The van der Waals surface area contributed by atoms with Gasteiger partial charge >= 0.3 is 0 Å². The highest BCUT2D eigenvalue weighted by atomic mass is 32.1. The number of hydrogen-bond acceptors (Lipinski definition) is 3. The summed E-state index contributed by atoms with van der Waals surface area (Å²) in [6.07, 6.45) is 0.342. The molecule has 1 aromatic carbocycles. The van der Waals surface area contributed by atoms with E-state index in [1.165, 1.54) is 17.4 Å². The third kappa shape index (κ3) is 4.66. The van der Waals surface area contributed by atoms with E-state index >= 15 is 0 Å². The van der Waals surface area contributed by atoms with Crippen molar-refractivity contribution in [2.45, 2.75) is 13.3 Å². The number of rotatable bonds is 6. The molecule has 2 amide bonds. The Bertz CT molecular complexity index is 656. The molecular weight excluding hydrogens is 303 g/mol. The minimum atomic E-state index is -0.406. The Balaban J connectivity index is 1.70. The van der Waals surface area contributed by atoms with Crippen LogP contribution < -0.4 is 10.6 Å². The quantitative estimate of drug-likeness (QED) is 0.802. The van der Waals surface area contributed by atoms with Crippen molar-refractivity contribution in [2.24, 2.45) is 0 Å². The van der Waals surface area contributed by atoms with Gasteiger partial charge in [-0.15, -0.1) is 11.3 Å². The van der Waals surface area contributed by atoms with Crippen molar-refractivity contribution in [3.63, 3.8) is 0 Å². The number of benzene rings is 1. The van der Waals surface area contributed by atoms with Gasteiger partial charge in [-0.25, -0.2) is 4.39 Å². The predicted molar refractivity (Wildman–Crippen MR) is 84.5 cm³/mol. The van der Waals surface area contributed by atoms with Crippen LogP contribution in [0.15, 0.2) is 35.7 Å². The van der Waals surface area contributed by atoms with Crippen LogP contribution in [0.2, 0.25) is 0 Å². The van der Waals surface area contributed by atoms with Crippen molar-refractivity contribution in [1.29, 1.82) is 0 Å². The molecule has 0 aliphatic carbocycles. The van der Waals surface area contributed by atoms with Crippen LogP contribution in [0, 0.1) is 12.7 Å². The molecule has 22 heavy (non-hydrogen) atoms. The van der Waals surface area contributed by atoms with E-state index in [0.29, 0.717) is 25.1 Å². The average molecular weight is 320 g/mol. The first kappa shape index (κ1) is 16.2. The van der Waals surface area contributed by atoms with Crippen molar-refractivity contribution in [3.8, 4) is 0 Å². The largest absolute Gasteiger partial charge is 0.354 e. The summed E-state index contributed by atoms with van der Waals surface area (Å²) in [7, 11) is 0. The second-order valence-corrected chi connectivity index (χ2v) is 5.86. The van der Waals surface area contributed by atoms with Gasteiger partial charge in [0.15, 0.2) is 0 Å². The van der Waals surface area contributed by atoms with Gasteiger partial charge in [-0.1, -0.05) is 12.1 Å². The molecule has 2 rings (SSSR count). The van der Waals surface area contributed by atoms with Crippen molar-refractivity contribution < 1.29 is 14.0 Å². The lowest BCUT2D eigenvalue weighted by Gasteiger charge is -2.07. The second kappa shape index (κ2) is 7.70. The fraction of sp³-hybridized carbons (Fsp3) is 0.250. The molecule has 0 fully saturated rings. The Hall–Kier alpha value is -2.21. The van der Waals surface area contributed by atoms with Gasteiger partial charge in [0, 0.05) is 23.5 Å². The molecule has 116 valence electrons. The monoisotopic (exact) mass is 320 g/mol. The highest BCUT2D eigenvalue weighted by Gasteiger charge is 2.08. The zero-order valence-electron chi connectivity index (χ0n) is 12.2. The van der Waals surface area contributed by atoms with E-state index in [1.54, 1.807) is 19.1 Å². The van der Waals surface area contributed by atoms with Gasteiger partial charge in [-0.3, -0.25) is 9.59 Å². The maximum Gasteiger partial charge on any atom is 0.251 e. The fourth-order valence-electron chi connectivity index (χ4n) is 1.85. The van der Waals surface area contributed by atoms with Crippen LogP contribution in [-0.4, -0.2) is 24.9 Å². The molecule has 0 saturated carbocycles. The Morgan fingerprint density at radius 3 is 2.64 bits per heavy atom. The summed E-state index contributed by atoms with van der Waals surface area (Å²) in [4.78, 5) is 24.5. The van der Waals surface area contributed by atoms with E-state index in [9.17, 15) is 14.0 Å².